The molecule has 2 heterocycles. The zero-order chi connectivity index (χ0) is 17.1. The van der Waals surface area contributed by atoms with Crippen molar-refractivity contribution < 1.29 is 9.59 Å². The van der Waals surface area contributed by atoms with Crippen molar-refractivity contribution in [3.8, 4) is 0 Å². The van der Waals surface area contributed by atoms with E-state index in [4.69, 9.17) is 0 Å². The molecular formula is C18H24N4O2. The highest BCUT2D eigenvalue weighted by molar-refractivity contribution is 6.00. The monoisotopic (exact) mass is 328 g/mol. The molecule has 6 nitrogen and oxygen atoms in total. The smallest absolute Gasteiger partial charge is 0.270 e. The molecule has 0 unspecified atom stereocenters. The van der Waals surface area contributed by atoms with Gasteiger partial charge in [0.05, 0.1) is 0 Å². The summed E-state index contributed by atoms with van der Waals surface area (Å²) < 4.78 is 0. The number of fused-ring (bicyclic) bond motifs is 1. The number of carbonyl (C=O) groups excluding carboxylic acids is 2. The summed E-state index contributed by atoms with van der Waals surface area (Å²) in [7, 11) is 0. The topological polar surface area (TPSA) is 68.4 Å². The van der Waals surface area contributed by atoms with Gasteiger partial charge in [-0.2, -0.15) is 0 Å². The number of rotatable bonds is 4. The summed E-state index contributed by atoms with van der Waals surface area (Å²) in [6.07, 6.45) is 0.443. The number of amides is 2. The van der Waals surface area contributed by atoms with Crippen molar-refractivity contribution >= 4 is 28.4 Å². The summed E-state index contributed by atoms with van der Waals surface area (Å²) in [6, 6.07) is 7.50. The Morgan fingerprint density at radius 1 is 1.12 bits per heavy atom. The Bertz CT molecular complexity index is 745. The number of hydrogen-bond acceptors (Lipinski definition) is 3. The molecule has 0 spiro atoms. The SMILES string of the molecule is CCC(=O)Nc1ccc2[nH]c(C(=O)N3CCN(CC)CC3)cc2c1. The highest BCUT2D eigenvalue weighted by atomic mass is 16.2. The van der Waals surface area contributed by atoms with Crippen LogP contribution in [-0.4, -0.2) is 59.3 Å². The summed E-state index contributed by atoms with van der Waals surface area (Å²) in [5.41, 5.74) is 2.26. The zero-order valence-electron chi connectivity index (χ0n) is 14.3. The van der Waals surface area contributed by atoms with Gasteiger partial charge in [-0.15, -0.1) is 0 Å². The Labute approximate surface area is 141 Å². The van der Waals surface area contributed by atoms with Crippen LogP contribution >= 0.6 is 0 Å². The summed E-state index contributed by atoms with van der Waals surface area (Å²) in [4.78, 5) is 31.6. The minimum absolute atomic E-state index is 0.0185. The fraction of sp³-hybridized carbons (Fsp3) is 0.444. The number of H-pyrrole nitrogens is 1. The number of likely N-dealkylation sites (N-methyl/N-ethyl adjacent to an activating group) is 1. The van der Waals surface area contributed by atoms with Crippen LogP contribution in [0.2, 0.25) is 0 Å². The molecule has 1 saturated heterocycles. The van der Waals surface area contributed by atoms with E-state index in [2.05, 4.69) is 22.1 Å². The summed E-state index contributed by atoms with van der Waals surface area (Å²) in [6.45, 7) is 8.37. The van der Waals surface area contributed by atoms with Crippen LogP contribution in [-0.2, 0) is 4.79 Å². The van der Waals surface area contributed by atoms with Crippen LogP contribution in [0.3, 0.4) is 0 Å². The molecule has 2 aromatic rings. The van der Waals surface area contributed by atoms with Gasteiger partial charge in [-0.05, 0) is 30.8 Å². The predicted octanol–water partition coefficient (Wildman–Crippen LogP) is 2.29. The Kier molecular flexibility index (Phi) is 4.85. The normalized spacial score (nSPS) is 15.7. The van der Waals surface area contributed by atoms with Crippen molar-refractivity contribution in [2.24, 2.45) is 0 Å². The third-order valence-corrected chi connectivity index (χ3v) is 4.56. The molecule has 1 fully saturated rings. The Morgan fingerprint density at radius 2 is 1.88 bits per heavy atom. The van der Waals surface area contributed by atoms with Gasteiger partial charge in [0.1, 0.15) is 5.69 Å². The number of benzene rings is 1. The Hall–Kier alpha value is -2.34. The average Bonchev–Trinajstić information content (AvgIpc) is 3.04. The van der Waals surface area contributed by atoms with Gasteiger partial charge < -0.3 is 20.1 Å². The molecule has 1 aliphatic heterocycles. The standard InChI is InChI=1S/C18H24N4O2/c1-3-17(23)19-14-5-6-15-13(11-14)12-16(20-15)18(24)22-9-7-21(4-2)8-10-22/h5-6,11-12,20H,3-4,7-10H2,1-2H3,(H,19,23). The lowest BCUT2D eigenvalue weighted by Gasteiger charge is -2.33. The van der Waals surface area contributed by atoms with Crippen LogP contribution < -0.4 is 5.32 Å². The van der Waals surface area contributed by atoms with Crippen LogP contribution in [0.15, 0.2) is 24.3 Å². The molecule has 128 valence electrons. The first kappa shape index (κ1) is 16.5. The van der Waals surface area contributed by atoms with E-state index in [0.717, 1.165) is 49.3 Å². The minimum atomic E-state index is -0.0185. The second kappa shape index (κ2) is 7.05. The van der Waals surface area contributed by atoms with Crippen molar-refractivity contribution in [2.45, 2.75) is 20.3 Å². The maximum atomic E-state index is 12.7. The molecule has 0 saturated carbocycles. The van der Waals surface area contributed by atoms with Crippen molar-refractivity contribution in [1.29, 1.82) is 0 Å². The summed E-state index contributed by atoms with van der Waals surface area (Å²) >= 11 is 0. The molecule has 2 N–H and O–H groups in total. The highest BCUT2D eigenvalue weighted by Gasteiger charge is 2.22. The number of aromatic nitrogens is 1. The number of nitrogens with zero attached hydrogens (tertiary/aromatic N) is 2. The van der Waals surface area contributed by atoms with Crippen molar-refractivity contribution in [3.63, 3.8) is 0 Å². The number of anilines is 1. The third kappa shape index (κ3) is 3.43. The third-order valence-electron chi connectivity index (χ3n) is 4.56. The second-order valence-electron chi connectivity index (χ2n) is 6.11. The molecule has 1 aliphatic rings. The van der Waals surface area contributed by atoms with Gasteiger partial charge in [-0.1, -0.05) is 13.8 Å². The van der Waals surface area contributed by atoms with E-state index in [1.165, 1.54) is 0 Å². The second-order valence-corrected chi connectivity index (χ2v) is 6.11. The van der Waals surface area contributed by atoms with Crippen molar-refractivity contribution in [2.75, 3.05) is 38.0 Å². The van der Waals surface area contributed by atoms with Crippen molar-refractivity contribution in [1.82, 2.24) is 14.8 Å². The Morgan fingerprint density at radius 3 is 2.54 bits per heavy atom. The van der Waals surface area contributed by atoms with E-state index >= 15 is 0 Å². The van der Waals surface area contributed by atoms with Crippen LogP contribution in [0.25, 0.3) is 10.9 Å². The molecule has 24 heavy (non-hydrogen) atoms. The first-order chi connectivity index (χ1) is 11.6. The molecular weight excluding hydrogens is 304 g/mol. The van der Waals surface area contributed by atoms with Gasteiger partial charge >= 0.3 is 0 Å². The largest absolute Gasteiger partial charge is 0.351 e. The maximum Gasteiger partial charge on any atom is 0.270 e. The summed E-state index contributed by atoms with van der Waals surface area (Å²) in [5, 5.41) is 3.77. The molecule has 1 aromatic carbocycles. The lowest BCUT2D eigenvalue weighted by molar-refractivity contribution is -0.115. The van der Waals surface area contributed by atoms with E-state index in [1.807, 2.05) is 36.1 Å². The quantitative estimate of drug-likeness (QED) is 0.905. The lowest BCUT2D eigenvalue weighted by atomic mass is 10.2. The fourth-order valence-electron chi connectivity index (χ4n) is 3.01. The van der Waals surface area contributed by atoms with Crippen LogP contribution in [0, 0.1) is 0 Å². The van der Waals surface area contributed by atoms with Gasteiger partial charge in [0.2, 0.25) is 5.91 Å². The highest BCUT2D eigenvalue weighted by Crippen LogP contribution is 2.21. The maximum absolute atomic E-state index is 12.7. The van der Waals surface area contributed by atoms with Crippen LogP contribution in [0.4, 0.5) is 5.69 Å². The van der Waals surface area contributed by atoms with Gasteiger partial charge in [-0.3, -0.25) is 9.59 Å². The first-order valence-electron chi connectivity index (χ1n) is 8.55. The van der Waals surface area contributed by atoms with E-state index in [-0.39, 0.29) is 11.8 Å². The molecule has 1 aromatic heterocycles. The number of carbonyl (C=O) groups is 2. The molecule has 0 radical (unpaired) electrons. The van der Waals surface area contributed by atoms with E-state index in [9.17, 15) is 9.59 Å². The zero-order valence-corrected chi connectivity index (χ0v) is 14.3. The lowest BCUT2D eigenvalue weighted by Crippen LogP contribution is -2.48. The number of hydrogen-bond donors (Lipinski definition) is 2. The van der Waals surface area contributed by atoms with Crippen LogP contribution in [0.1, 0.15) is 30.8 Å². The fourth-order valence-corrected chi connectivity index (χ4v) is 3.01. The van der Waals surface area contributed by atoms with Gasteiger partial charge in [-0.25, -0.2) is 0 Å². The Balaban J connectivity index is 1.75. The molecule has 0 atom stereocenters. The van der Waals surface area contributed by atoms with Crippen LogP contribution in [0.5, 0.6) is 0 Å². The molecule has 0 bridgehead atoms. The molecule has 0 aliphatic carbocycles. The van der Waals surface area contributed by atoms with Gasteiger partial charge in [0.15, 0.2) is 0 Å². The van der Waals surface area contributed by atoms with E-state index < -0.39 is 0 Å². The predicted molar refractivity (Wildman–Crippen MR) is 95.2 cm³/mol. The number of piperazine rings is 1. The van der Waals surface area contributed by atoms with E-state index in [1.54, 1.807) is 0 Å². The molecule has 2 amide bonds. The van der Waals surface area contributed by atoms with Crippen molar-refractivity contribution in [3.05, 3.63) is 30.0 Å². The van der Waals surface area contributed by atoms with E-state index in [0.29, 0.717) is 12.1 Å². The molecule has 6 heteroatoms. The first-order valence-corrected chi connectivity index (χ1v) is 8.55. The minimum Gasteiger partial charge on any atom is -0.351 e. The number of aromatic amines is 1. The number of nitrogens with one attached hydrogen (secondary N) is 2. The average molecular weight is 328 g/mol. The van der Waals surface area contributed by atoms with Gasteiger partial charge in [0.25, 0.3) is 5.91 Å². The van der Waals surface area contributed by atoms with Gasteiger partial charge in [0, 0.05) is 49.2 Å². The summed E-state index contributed by atoms with van der Waals surface area (Å²) in [5.74, 6) is 0.0241. The molecule has 3 rings (SSSR count).